The molecular weight excluding hydrogens is 326 g/mol. The number of hydrogen-bond acceptors (Lipinski definition) is 3. The molecule has 1 aliphatic heterocycles. The van der Waals surface area contributed by atoms with Crippen molar-refractivity contribution in [1.29, 1.82) is 0 Å². The number of carbonyl (C=O) groups is 1. The standard InChI is InChI=1S/C20H25N5O/c1-21-20(26)18-10-9-16(23(18)2)17-7-3-4-12-24(17)14-15-6-5-8-19-22-11-13-25(15)19/h5-6,8-11,13,17H,3-4,7,12,14H2,1-2H3,(H,21,26)/t17-/m1/s1. The second-order valence-electron chi connectivity index (χ2n) is 6.94. The van der Waals surface area contributed by atoms with Crippen molar-refractivity contribution in [1.82, 2.24) is 24.2 Å². The molecule has 1 aliphatic rings. The number of fused-ring (bicyclic) bond motifs is 1. The van der Waals surface area contributed by atoms with Crippen LogP contribution in [0.25, 0.3) is 5.65 Å². The van der Waals surface area contributed by atoms with E-state index in [1.54, 1.807) is 7.05 Å². The molecule has 3 aromatic rings. The first-order valence-electron chi connectivity index (χ1n) is 9.21. The second kappa shape index (κ2) is 6.96. The molecule has 0 bridgehead atoms. The molecular formula is C20H25N5O. The Bertz CT molecular complexity index is 925. The third kappa shape index (κ3) is 2.90. The van der Waals surface area contributed by atoms with Crippen molar-refractivity contribution in [3.63, 3.8) is 0 Å². The fourth-order valence-electron chi connectivity index (χ4n) is 4.08. The lowest BCUT2D eigenvalue weighted by molar-refractivity contribution is 0.0952. The first kappa shape index (κ1) is 16.8. The molecule has 0 radical (unpaired) electrons. The van der Waals surface area contributed by atoms with Gasteiger partial charge in [0.15, 0.2) is 0 Å². The zero-order valence-corrected chi connectivity index (χ0v) is 15.4. The predicted molar refractivity (Wildman–Crippen MR) is 101 cm³/mol. The van der Waals surface area contributed by atoms with Gasteiger partial charge in [0.05, 0.1) is 6.04 Å². The van der Waals surface area contributed by atoms with E-state index in [0.29, 0.717) is 11.7 Å². The van der Waals surface area contributed by atoms with Crippen molar-refractivity contribution < 1.29 is 4.79 Å². The zero-order valence-electron chi connectivity index (χ0n) is 15.4. The number of piperidine rings is 1. The SMILES string of the molecule is CNC(=O)c1ccc([C@H]2CCCCN2Cc2cccc3nccn23)n1C. The highest BCUT2D eigenvalue weighted by molar-refractivity contribution is 5.92. The van der Waals surface area contributed by atoms with E-state index in [0.717, 1.165) is 25.2 Å². The minimum atomic E-state index is -0.0377. The molecule has 1 N–H and O–H groups in total. The van der Waals surface area contributed by atoms with Crippen LogP contribution in [0.2, 0.25) is 0 Å². The molecule has 4 rings (SSSR count). The van der Waals surface area contributed by atoms with Gasteiger partial charge >= 0.3 is 0 Å². The van der Waals surface area contributed by atoms with Crippen LogP contribution < -0.4 is 5.32 Å². The van der Waals surface area contributed by atoms with E-state index in [9.17, 15) is 4.79 Å². The monoisotopic (exact) mass is 351 g/mol. The molecule has 0 aromatic carbocycles. The quantitative estimate of drug-likeness (QED) is 0.786. The number of carbonyl (C=O) groups excluding carboxylic acids is 1. The molecule has 3 aromatic heterocycles. The van der Waals surface area contributed by atoms with Crippen LogP contribution in [0.1, 0.15) is 47.2 Å². The zero-order chi connectivity index (χ0) is 18.1. The van der Waals surface area contributed by atoms with E-state index in [1.807, 2.05) is 36.1 Å². The van der Waals surface area contributed by atoms with E-state index in [4.69, 9.17) is 0 Å². The van der Waals surface area contributed by atoms with Gasteiger partial charge in [-0.25, -0.2) is 4.98 Å². The van der Waals surface area contributed by atoms with Crippen molar-refractivity contribution in [2.45, 2.75) is 31.8 Å². The first-order chi connectivity index (χ1) is 12.7. The molecule has 1 saturated heterocycles. The molecule has 0 aliphatic carbocycles. The number of rotatable bonds is 4. The summed E-state index contributed by atoms with van der Waals surface area (Å²) in [7, 11) is 3.66. The number of nitrogens with one attached hydrogen (secondary N) is 1. The van der Waals surface area contributed by atoms with E-state index in [2.05, 4.69) is 37.8 Å². The van der Waals surface area contributed by atoms with E-state index in [-0.39, 0.29) is 5.91 Å². The third-order valence-electron chi connectivity index (χ3n) is 5.45. The lowest BCUT2D eigenvalue weighted by Crippen LogP contribution is -2.34. The van der Waals surface area contributed by atoms with Crippen molar-refractivity contribution in [3.8, 4) is 0 Å². The number of nitrogens with zero attached hydrogens (tertiary/aromatic N) is 4. The van der Waals surface area contributed by atoms with Crippen molar-refractivity contribution in [3.05, 3.63) is 59.8 Å². The van der Waals surface area contributed by atoms with Crippen LogP contribution in [0.4, 0.5) is 0 Å². The van der Waals surface area contributed by atoms with Gasteiger partial charge in [0.1, 0.15) is 11.3 Å². The Morgan fingerprint density at radius 3 is 3.00 bits per heavy atom. The van der Waals surface area contributed by atoms with E-state index in [1.165, 1.54) is 24.2 Å². The van der Waals surface area contributed by atoms with Gasteiger partial charge in [-0.2, -0.15) is 0 Å². The van der Waals surface area contributed by atoms with Crippen LogP contribution in [0, 0.1) is 0 Å². The lowest BCUT2D eigenvalue weighted by Gasteiger charge is -2.36. The summed E-state index contributed by atoms with van der Waals surface area (Å²) in [6.45, 7) is 1.94. The largest absolute Gasteiger partial charge is 0.354 e. The predicted octanol–water partition coefficient (Wildman–Crippen LogP) is 2.76. The Balaban J connectivity index is 1.64. The highest BCUT2D eigenvalue weighted by atomic mass is 16.1. The summed E-state index contributed by atoms with van der Waals surface area (Å²) in [6.07, 6.45) is 7.42. The summed E-state index contributed by atoms with van der Waals surface area (Å²) >= 11 is 0. The van der Waals surface area contributed by atoms with Crippen LogP contribution >= 0.6 is 0 Å². The highest BCUT2D eigenvalue weighted by Gasteiger charge is 2.27. The maximum Gasteiger partial charge on any atom is 0.267 e. The van der Waals surface area contributed by atoms with E-state index < -0.39 is 0 Å². The number of likely N-dealkylation sites (tertiary alicyclic amines) is 1. The molecule has 0 spiro atoms. The average Bonchev–Trinajstić information content (AvgIpc) is 3.29. The Kier molecular flexibility index (Phi) is 4.51. The lowest BCUT2D eigenvalue weighted by atomic mass is 9.99. The first-order valence-corrected chi connectivity index (χ1v) is 9.21. The normalized spacial score (nSPS) is 18.3. The van der Waals surface area contributed by atoms with Crippen LogP contribution in [0.5, 0.6) is 0 Å². The summed E-state index contributed by atoms with van der Waals surface area (Å²) in [5, 5.41) is 2.72. The smallest absolute Gasteiger partial charge is 0.267 e. The summed E-state index contributed by atoms with van der Waals surface area (Å²) in [6, 6.07) is 10.6. The molecule has 26 heavy (non-hydrogen) atoms. The van der Waals surface area contributed by atoms with Gasteiger partial charge < -0.3 is 14.3 Å². The van der Waals surface area contributed by atoms with Crippen LogP contribution in [-0.4, -0.2) is 38.4 Å². The number of amides is 1. The van der Waals surface area contributed by atoms with E-state index >= 15 is 0 Å². The number of imidazole rings is 1. The Hall–Kier alpha value is -2.60. The van der Waals surface area contributed by atoms with Crippen LogP contribution in [-0.2, 0) is 13.6 Å². The second-order valence-corrected chi connectivity index (χ2v) is 6.94. The van der Waals surface area contributed by atoms with Gasteiger partial charge in [0.25, 0.3) is 5.91 Å². The van der Waals surface area contributed by atoms with Gasteiger partial charge in [-0.05, 0) is 43.7 Å². The van der Waals surface area contributed by atoms with Crippen molar-refractivity contribution in [2.24, 2.45) is 7.05 Å². The maximum atomic E-state index is 12.1. The fraction of sp³-hybridized carbons (Fsp3) is 0.400. The highest BCUT2D eigenvalue weighted by Crippen LogP contribution is 2.33. The minimum absolute atomic E-state index is 0.0377. The Morgan fingerprint density at radius 1 is 1.27 bits per heavy atom. The Labute approximate surface area is 153 Å². The molecule has 0 unspecified atom stereocenters. The van der Waals surface area contributed by atoms with Gasteiger partial charge in [0.2, 0.25) is 0 Å². The molecule has 136 valence electrons. The summed E-state index contributed by atoms with van der Waals surface area (Å²) in [5.41, 5.74) is 4.15. The Morgan fingerprint density at radius 2 is 2.15 bits per heavy atom. The third-order valence-corrected chi connectivity index (χ3v) is 5.45. The molecule has 1 fully saturated rings. The minimum Gasteiger partial charge on any atom is -0.354 e. The number of hydrogen-bond donors (Lipinski definition) is 1. The number of pyridine rings is 1. The van der Waals surface area contributed by atoms with Gasteiger partial charge in [-0.1, -0.05) is 12.5 Å². The van der Waals surface area contributed by atoms with Crippen molar-refractivity contribution >= 4 is 11.6 Å². The molecule has 1 amide bonds. The molecule has 6 nitrogen and oxygen atoms in total. The van der Waals surface area contributed by atoms with Gasteiger partial charge in [0, 0.05) is 44.4 Å². The van der Waals surface area contributed by atoms with Gasteiger partial charge in [-0.15, -0.1) is 0 Å². The summed E-state index contributed by atoms with van der Waals surface area (Å²) in [4.78, 5) is 19.0. The topological polar surface area (TPSA) is 54.6 Å². The van der Waals surface area contributed by atoms with Crippen LogP contribution in [0.3, 0.4) is 0 Å². The maximum absolute atomic E-state index is 12.1. The molecule has 6 heteroatoms. The molecule has 4 heterocycles. The van der Waals surface area contributed by atoms with Gasteiger partial charge in [-0.3, -0.25) is 9.69 Å². The molecule has 0 saturated carbocycles. The number of aromatic nitrogens is 3. The summed E-state index contributed by atoms with van der Waals surface area (Å²) < 4.78 is 4.20. The fourth-order valence-corrected chi connectivity index (χ4v) is 4.08. The average molecular weight is 351 g/mol. The summed E-state index contributed by atoms with van der Waals surface area (Å²) in [5.74, 6) is -0.0377. The molecule has 1 atom stereocenters. The van der Waals surface area contributed by atoms with Crippen molar-refractivity contribution in [2.75, 3.05) is 13.6 Å². The van der Waals surface area contributed by atoms with Crippen LogP contribution in [0.15, 0.2) is 42.7 Å².